The zero-order chi connectivity index (χ0) is 14.2. The van der Waals surface area contributed by atoms with Crippen molar-refractivity contribution >= 4 is 11.7 Å². The van der Waals surface area contributed by atoms with E-state index in [2.05, 4.69) is 15.7 Å². The lowest BCUT2D eigenvalue weighted by atomic mass is 10.2. The fourth-order valence-corrected chi connectivity index (χ4v) is 1.78. The lowest BCUT2D eigenvalue weighted by Crippen LogP contribution is -2.30. The molecule has 0 spiro atoms. The molecule has 0 aliphatic rings. The van der Waals surface area contributed by atoms with Gasteiger partial charge in [0.25, 0.3) is 0 Å². The number of urea groups is 1. The predicted molar refractivity (Wildman–Crippen MR) is 77.1 cm³/mol. The first-order valence-corrected chi connectivity index (χ1v) is 6.44. The Morgan fingerprint density at radius 2 is 2.20 bits per heavy atom. The van der Waals surface area contributed by atoms with E-state index in [0.29, 0.717) is 18.8 Å². The Kier molecular flexibility index (Phi) is 5.14. The minimum atomic E-state index is -0.235. The SMILES string of the molecule is COCCCNC(=O)Nc1ccccc1-n1cccn1. The number of aromatic nitrogens is 2. The molecule has 0 aliphatic heterocycles. The summed E-state index contributed by atoms with van der Waals surface area (Å²) in [5.74, 6) is 0. The summed E-state index contributed by atoms with van der Waals surface area (Å²) in [6.07, 6.45) is 4.31. The number of methoxy groups -OCH3 is 1. The molecule has 0 unspecified atom stereocenters. The summed E-state index contributed by atoms with van der Waals surface area (Å²) < 4.78 is 6.64. The number of ether oxygens (including phenoxy) is 1. The molecular formula is C14H18N4O2. The number of anilines is 1. The number of hydrogen-bond donors (Lipinski definition) is 2. The van der Waals surface area contributed by atoms with Gasteiger partial charge in [0.1, 0.15) is 0 Å². The molecule has 0 fully saturated rings. The fraction of sp³-hybridized carbons (Fsp3) is 0.286. The highest BCUT2D eigenvalue weighted by Gasteiger charge is 2.07. The predicted octanol–water partition coefficient (Wildman–Crippen LogP) is 2.03. The van der Waals surface area contributed by atoms with Gasteiger partial charge in [-0.2, -0.15) is 5.10 Å². The number of nitrogens with zero attached hydrogens (tertiary/aromatic N) is 2. The van der Waals surface area contributed by atoms with Crippen LogP contribution in [0.3, 0.4) is 0 Å². The summed E-state index contributed by atoms with van der Waals surface area (Å²) in [5.41, 5.74) is 1.53. The van der Waals surface area contributed by atoms with Crippen LogP contribution in [-0.2, 0) is 4.74 Å². The highest BCUT2D eigenvalue weighted by atomic mass is 16.5. The molecule has 2 rings (SSSR count). The molecule has 6 heteroatoms. The van der Waals surface area contributed by atoms with E-state index in [1.807, 2.05) is 36.5 Å². The van der Waals surface area contributed by atoms with Gasteiger partial charge in [-0.15, -0.1) is 0 Å². The number of hydrogen-bond acceptors (Lipinski definition) is 3. The number of carbonyl (C=O) groups excluding carboxylic acids is 1. The Labute approximate surface area is 117 Å². The molecule has 0 saturated heterocycles. The highest BCUT2D eigenvalue weighted by molar-refractivity contribution is 5.91. The van der Waals surface area contributed by atoms with Gasteiger partial charge in [-0.25, -0.2) is 9.48 Å². The first-order valence-electron chi connectivity index (χ1n) is 6.44. The zero-order valence-electron chi connectivity index (χ0n) is 11.4. The number of carbonyl (C=O) groups is 1. The first-order chi connectivity index (χ1) is 9.81. The second kappa shape index (κ2) is 7.30. The molecule has 2 aromatic rings. The highest BCUT2D eigenvalue weighted by Crippen LogP contribution is 2.18. The number of rotatable bonds is 6. The molecule has 1 heterocycles. The van der Waals surface area contributed by atoms with Gasteiger partial charge in [0.05, 0.1) is 11.4 Å². The van der Waals surface area contributed by atoms with E-state index in [1.165, 1.54) is 0 Å². The normalized spacial score (nSPS) is 10.2. The molecule has 6 nitrogen and oxygen atoms in total. The molecule has 1 aromatic heterocycles. The summed E-state index contributed by atoms with van der Waals surface area (Å²) in [4.78, 5) is 11.8. The Balaban J connectivity index is 1.97. The number of amides is 2. The van der Waals surface area contributed by atoms with Crippen LogP contribution in [0.1, 0.15) is 6.42 Å². The molecule has 2 N–H and O–H groups in total. The van der Waals surface area contributed by atoms with E-state index in [-0.39, 0.29) is 6.03 Å². The molecule has 0 aliphatic carbocycles. The Morgan fingerprint density at radius 1 is 1.35 bits per heavy atom. The average molecular weight is 274 g/mol. The minimum absolute atomic E-state index is 0.235. The van der Waals surface area contributed by atoms with Crippen molar-refractivity contribution in [1.82, 2.24) is 15.1 Å². The minimum Gasteiger partial charge on any atom is -0.385 e. The van der Waals surface area contributed by atoms with Crippen molar-refractivity contribution in [2.24, 2.45) is 0 Å². The van der Waals surface area contributed by atoms with Crippen LogP contribution < -0.4 is 10.6 Å². The van der Waals surface area contributed by atoms with Crippen LogP contribution in [0.15, 0.2) is 42.7 Å². The van der Waals surface area contributed by atoms with E-state index in [1.54, 1.807) is 18.0 Å². The van der Waals surface area contributed by atoms with Gasteiger partial charge in [-0.3, -0.25) is 0 Å². The van der Waals surface area contributed by atoms with Gasteiger partial charge in [-0.05, 0) is 24.6 Å². The lowest BCUT2D eigenvalue weighted by molar-refractivity contribution is 0.194. The Bertz CT molecular complexity index is 540. The summed E-state index contributed by atoms with van der Waals surface area (Å²) in [7, 11) is 1.64. The molecule has 0 bridgehead atoms. The maximum atomic E-state index is 11.8. The van der Waals surface area contributed by atoms with E-state index >= 15 is 0 Å². The maximum absolute atomic E-state index is 11.8. The zero-order valence-corrected chi connectivity index (χ0v) is 11.4. The van der Waals surface area contributed by atoms with Gasteiger partial charge in [0.2, 0.25) is 0 Å². The van der Waals surface area contributed by atoms with E-state index in [9.17, 15) is 4.79 Å². The van der Waals surface area contributed by atoms with Crippen molar-refractivity contribution in [3.63, 3.8) is 0 Å². The summed E-state index contributed by atoms with van der Waals surface area (Å²) in [5, 5.41) is 9.77. The third-order valence-electron chi connectivity index (χ3n) is 2.71. The quantitative estimate of drug-likeness (QED) is 0.792. The average Bonchev–Trinajstić information content (AvgIpc) is 2.98. The van der Waals surface area contributed by atoms with Gasteiger partial charge in [0.15, 0.2) is 0 Å². The van der Waals surface area contributed by atoms with Crippen molar-refractivity contribution in [1.29, 1.82) is 0 Å². The smallest absolute Gasteiger partial charge is 0.319 e. The molecular weight excluding hydrogens is 256 g/mol. The van der Waals surface area contributed by atoms with Gasteiger partial charge >= 0.3 is 6.03 Å². The molecule has 106 valence electrons. The third-order valence-corrected chi connectivity index (χ3v) is 2.71. The molecule has 2 amide bonds. The standard InChI is InChI=1S/C14H18N4O2/c1-20-11-5-8-15-14(19)17-12-6-2-3-7-13(12)18-10-4-9-16-18/h2-4,6-7,9-10H,5,8,11H2,1H3,(H2,15,17,19). The molecule has 1 aromatic carbocycles. The van der Waals surface area contributed by atoms with Crippen LogP contribution in [0.5, 0.6) is 0 Å². The van der Waals surface area contributed by atoms with Gasteiger partial charge in [0, 0.05) is 32.7 Å². The summed E-state index contributed by atoms with van der Waals surface area (Å²) in [6, 6.07) is 9.10. The second-order valence-electron chi connectivity index (χ2n) is 4.20. The number of para-hydroxylation sites is 2. The van der Waals surface area contributed by atoms with E-state index in [0.717, 1.165) is 12.1 Å². The largest absolute Gasteiger partial charge is 0.385 e. The van der Waals surface area contributed by atoms with Gasteiger partial charge < -0.3 is 15.4 Å². The van der Waals surface area contributed by atoms with Crippen molar-refractivity contribution in [3.8, 4) is 5.69 Å². The lowest BCUT2D eigenvalue weighted by Gasteiger charge is -2.11. The van der Waals surface area contributed by atoms with Crippen LogP contribution in [0, 0.1) is 0 Å². The monoisotopic (exact) mass is 274 g/mol. The first kappa shape index (κ1) is 14.1. The Morgan fingerprint density at radius 3 is 2.95 bits per heavy atom. The molecule has 0 saturated carbocycles. The van der Waals surface area contributed by atoms with Crippen LogP contribution in [-0.4, -0.2) is 36.1 Å². The van der Waals surface area contributed by atoms with Crippen LogP contribution in [0.2, 0.25) is 0 Å². The topological polar surface area (TPSA) is 68.2 Å². The van der Waals surface area contributed by atoms with Crippen LogP contribution >= 0.6 is 0 Å². The Hall–Kier alpha value is -2.34. The molecule has 20 heavy (non-hydrogen) atoms. The molecule has 0 atom stereocenters. The summed E-state index contributed by atoms with van der Waals surface area (Å²) >= 11 is 0. The number of nitrogens with one attached hydrogen (secondary N) is 2. The summed E-state index contributed by atoms with van der Waals surface area (Å²) in [6.45, 7) is 1.20. The fourth-order valence-electron chi connectivity index (χ4n) is 1.78. The third kappa shape index (κ3) is 3.83. The van der Waals surface area contributed by atoms with Crippen molar-refractivity contribution < 1.29 is 9.53 Å². The van der Waals surface area contributed by atoms with Crippen LogP contribution in [0.25, 0.3) is 5.69 Å². The van der Waals surface area contributed by atoms with Crippen molar-refractivity contribution in [2.45, 2.75) is 6.42 Å². The number of benzene rings is 1. The van der Waals surface area contributed by atoms with Crippen LogP contribution in [0.4, 0.5) is 10.5 Å². The van der Waals surface area contributed by atoms with Gasteiger partial charge in [-0.1, -0.05) is 12.1 Å². The van der Waals surface area contributed by atoms with Crippen molar-refractivity contribution in [3.05, 3.63) is 42.7 Å². The maximum Gasteiger partial charge on any atom is 0.319 e. The van der Waals surface area contributed by atoms with Crippen molar-refractivity contribution in [2.75, 3.05) is 25.6 Å². The molecule has 0 radical (unpaired) electrons. The van der Waals surface area contributed by atoms with E-state index < -0.39 is 0 Å². The second-order valence-corrected chi connectivity index (χ2v) is 4.20. The van der Waals surface area contributed by atoms with E-state index in [4.69, 9.17) is 4.74 Å².